The quantitative estimate of drug-likeness (QED) is 0.351. The molecule has 2 rings (SSSR count). The number of phenolic OH excluding ortho intramolecular Hbond substituents is 1. The van der Waals surface area contributed by atoms with E-state index >= 15 is 0 Å². The molecule has 0 aromatic heterocycles. The van der Waals surface area contributed by atoms with Crippen LogP contribution in [0.2, 0.25) is 0 Å². The molecule has 0 saturated heterocycles. The standard InChI is InChI=1S/C22H26O8S/c1-3-5-18-19(11-10-17(14(2)23)21(18)25)30-12-4-13-31(28,29)16-8-6-15(7-9-16)20(24)22(26)27/h6-11,20,24-25H,3-5,12-13H2,1-2H3,(H,26,27). The van der Waals surface area contributed by atoms with Crippen molar-refractivity contribution in [3.63, 3.8) is 0 Å². The number of hydrogen-bond acceptors (Lipinski definition) is 7. The first-order valence-corrected chi connectivity index (χ1v) is 11.5. The molecule has 0 bridgehead atoms. The van der Waals surface area contributed by atoms with Gasteiger partial charge in [-0.3, -0.25) is 4.79 Å². The van der Waals surface area contributed by atoms with Crippen LogP contribution in [0.15, 0.2) is 41.3 Å². The molecule has 0 heterocycles. The third-order valence-electron chi connectivity index (χ3n) is 4.72. The molecule has 0 aliphatic rings. The van der Waals surface area contributed by atoms with Crippen LogP contribution < -0.4 is 4.74 Å². The molecule has 0 aliphatic carbocycles. The third kappa shape index (κ3) is 6.05. The molecule has 168 valence electrons. The van der Waals surface area contributed by atoms with E-state index in [0.717, 1.165) is 6.42 Å². The Hall–Kier alpha value is -2.91. The van der Waals surface area contributed by atoms with Crippen LogP contribution in [0.3, 0.4) is 0 Å². The van der Waals surface area contributed by atoms with Crippen LogP contribution in [0.4, 0.5) is 0 Å². The molecule has 0 saturated carbocycles. The number of hydrogen-bond donors (Lipinski definition) is 3. The van der Waals surface area contributed by atoms with Gasteiger partial charge in [-0.2, -0.15) is 0 Å². The molecule has 0 radical (unpaired) electrons. The topological polar surface area (TPSA) is 138 Å². The molecule has 2 aromatic carbocycles. The molecule has 9 heteroatoms. The second-order valence-corrected chi connectivity index (χ2v) is 9.18. The van der Waals surface area contributed by atoms with Crippen LogP contribution in [0.5, 0.6) is 11.5 Å². The maximum Gasteiger partial charge on any atom is 0.337 e. The second kappa shape index (κ2) is 10.4. The zero-order valence-electron chi connectivity index (χ0n) is 17.4. The van der Waals surface area contributed by atoms with Gasteiger partial charge in [0.25, 0.3) is 0 Å². The Morgan fingerprint density at radius 3 is 2.29 bits per heavy atom. The number of ether oxygens (including phenoxy) is 1. The van der Waals surface area contributed by atoms with Crippen molar-refractivity contribution in [1.29, 1.82) is 0 Å². The minimum atomic E-state index is -3.63. The number of carbonyl (C=O) groups is 2. The number of carboxylic acids is 1. The summed E-state index contributed by atoms with van der Waals surface area (Å²) in [4.78, 5) is 22.4. The number of aromatic hydroxyl groups is 1. The van der Waals surface area contributed by atoms with E-state index in [1.807, 2.05) is 6.92 Å². The van der Waals surface area contributed by atoms with Crippen molar-refractivity contribution in [1.82, 2.24) is 0 Å². The fourth-order valence-corrected chi connectivity index (χ4v) is 4.36. The van der Waals surface area contributed by atoms with Crippen molar-refractivity contribution in [3.05, 3.63) is 53.1 Å². The van der Waals surface area contributed by atoms with Crippen LogP contribution in [-0.4, -0.2) is 47.8 Å². The number of aliphatic hydroxyl groups is 1. The van der Waals surface area contributed by atoms with E-state index in [0.29, 0.717) is 17.7 Å². The van der Waals surface area contributed by atoms with E-state index < -0.39 is 21.9 Å². The number of Topliss-reactive ketones (excluding diaryl/α,β-unsaturated/α-hetero) is 1. The van der Waals surface area contributed by atoms with Gasteiger partial charge in [0.05, 0.1) is 22.8 Å². The van der Waals surface area contributed by atoms with Gasteiger partial charge >= 0.3 is 5.97 Å². The van der Waals surface area contributed by atoms with Crippen LogP contribution in [0.25, 0.3) is 0 Å². The molecule has 8 nitrogen and oxygen atoms in total. The Morgan fingerprint density at radius 2 is 1.74 bits per heavy atom. The Kier molecular flexibility index (Phi) is 8.18. The highest BCUT2D eigenvalue weighted by molar-refractivity contribution is 7.91. The Morgan fingerprint density at radius 1 is 1.10 bits per heavy atom. The van der Waals surface area contributed by atoms with E-state index in [1.165, 1.54) is 37.3 Å². The highest BCUT2D eigenvalue weighted by atomic mass is 32.2. The highest BCUT2D eigenvalue weighted by Gasteiger charge is 2.19. The summed E-state index contributed by atoms with van der Waals surface area (Å²) in [5.41, 5.74) is 0.826. The maximum atomic E-state index is 12.5. The molecule has 1 unspecified atom stereocenters. The zero-order chi connectivity index (χ0) is 23.2. The summed E-state index contributed by atoms with van der Waals surface area (Å²) in [5.74, 6) is -1.57. The first kappa shape index (κ1) is 24.4. The van der Waals surface area contributed by atoms with Crippen molar-refractivity contribution in [2.75, 3.05) is 12.4 Å². The summed E-state index contributed by atoms with van der Waals surface area (Å²) in [6.07, 6.45) is -0.294. The highest BCUT2D eigenvalue weighted by Crippen LogP contribution is 2.33. The van der Waals surface area contributed by atoms with Gasteiger partial charge in [-0.05, 0) is 49.6 Å². The number of carboxylic acid groups (broad SMARTS) is 1. The molecule has 31 heavy (non-hydrogen) atoms. The van der Waals surface area contributed by atoms with Crippen LogP contribution in [-0.2, 0) is 21.1 Å². The van der Waals surface area contributed by atoms with E-state index in [2.05, 4.69) is 0 Å². The molecule has 1 atom stereocenters. The molecule has 0 spiro atoms. The lowest BCUT2D eigenvalue weighted by molar-refractivity contribution is -0.146. The largest absolute Gasteiger partial charge is 0.507 e. The number of carbonyl (C=O) groups excluding carboxylic acids is 1. The van der Waals surface area contributed by atoms with E-state index in [9.17, 15) is 28.2 Å². The lowest BCUT2D eigenvalue weighted by atomic mass is 10.0. The summed E-state index contributed by atoms with van der Waals surface area (Å²) in [6, 6.07) is 8.13. The lowest BCUT2D eigenvalue weighted by Gasteiger charge is -2.14. The number of ketones is 1. The van der Waals surface area contributed by atoms with Gasteiger partial charge in [-0.15, -0.1) is 0 Å². The predicted octanol–water partition coefficient (Wildman–Crippen LogP) is 2.91. The van der Waals surface area contributed by atoms with Gasteiger partial charge in [0.15, 0.2) is 21.7 Å². The molecular formula is C22H26O8S. The van der Waals surface area contributed by atoms with Crippen molar-refractivity contribution in [2.24, 2.45) is 0 Å². The minimum absolute atomic E-state index is 0.0176. The van der Waals surface area contributed by atoms with Gasteiger partial charge in [-0.1, -0.05) is 25.5 Å². The summed E-state index contributed by atoms with van der Waals surface area (Å²) in [6.45, 7) is 3.38. The smallest absolute Gasteiger partial charge is 0.337 e. The normalized spacial score (nSPS) is 12.4. The van der Waals surface area contributed by atoms with Crippen molar-refractivity contribution in [2.45, 2.75) is 44.1 Å². The number of benzene rings is 2. The Bertz CT molecular complexity index is 1040. The van der Waals surface area contributed by atoms with Gasteiger partial charge in [0, 0.05) is 5.56 Å². The number of rotatable bonds is 11. The molecule has 3 N–H and O–H groups in total. The SMILES string of the molecule is CCCc1c(OCCCS(=O)(=O)c2ccc(C(O)C(=O)O)cc2)ccc(C(C)=O)c1O. The maximum absolute atomic E-state index is 12.5. The summed E-state index contributed by atoms with van der Waals surface area (Å²) in [5, 5.41) is 28.6. The summed E-state index contributed by atoms with van der Waals surface area (Å²) in [7, 11) is -3.63. The molecule has 0 amide bonds. The van der Waals surface area contributed by atoms with Crippen molar-refractivity contribution < 1.29 is 38.1 Å². The fraction of sp³-hybridized carbons (Fsp3) is 0.364. The van der Waals surface area contributed by atoms with Gasteiger partial charge in [-0.25, -0.2) is 13.2 Å². The number of aliphatic hydroxyl groups excluding tert-OH is 1. The third-order valence-corrected chi connectivity index (χ3v) is 6.54. The van der Waals surface area contributed by atoms with Crippen LogP contribution in [0, 0.1) is 0 Å². The number of sulfone groups is 1. The first-order valence-electron chi connectivity index (χ1n) is 9.80. The lowest BCUT2D eigenvalue weighted by Crippen LogP contribution is -2.13. The molecule has 2 aromatic rings. The Labute approximate surface area is 181 Å². The predicted molar refractivity (Wildman–Crippen MR) is 113 cm³/mol. The monoisotopic (exact) mass is 450 g/mol. The average Bonchev–Trinajstić information content (AvgIpc) is 2.72. The van der Waals surface area contributed by atoms with E-state index in [4.69, 9.17) is 9.84 Å². The first-order chi connectivity index (χ1) is 14.6. The average molecular weight is 451 g/mol. The number of phenols is 1. The zero-order valence-corrected chi connectivity index (χ0v) is 18.2. The summed E-state index contributed by atoms with van der Waals surface area (Å²) >= 11 is 0. The van der Waals surface area contributed by atoms with Crippen LogP contribution in [0.1, 0.15) is 54.3 Å². The van der Waals surface area contributed by atoms with Gasteiger partial charge < -0.3 is 20.1 Å². The molecule has 0 aliphatic heterocycles. The molecule has 0 fully saturated rings. The van der Waals surface area contributed by atoms with Crippen LogP contribution >= 0.6 is 0 Å². The van der Waals surface area contributed by atoms with E-state index in [-0.39, 0.29) is 46.3 Å². The van der Waals surface area contributed by atoms with Crippen molar-refractivity contribution in [3.8, 4) is 11.5 Å². The fourth-order valence-electron chi connectivity index (χ4n) is 3.08. The molecular weight excluding hydrogens is 424 g/mol. The second-order valence-electron chi connectivity index (χ2n) is 7.08. The summed E-state index contributed by atoms with van der Waals surface area (Å²) < 4.78 is 30.7. The number of aliphatic carboxylic acids is 1. The van der Waals surface area contributed by atoms with Gasteiger partial charge in [0.1, 0.15) is 11.5 Å². The minimum Gasteiger partial charge on any atom is -0.507 e. The van der Waals surface area contributed by atoms with Gasteiger partial charge in [0.2, 0.25) is 0 Å². The van der Waals surface area contributed by atoms with Crippen molar-refractivity contribution >= 4 is 21.6 Å². The Balaban J connectivity index is 2.03. The van der Waals surface area contributed by atoms with E-state index in [1.54, 1.807) is 6.07 Å².